The minimum Gasteiger partial charge on any atom is -0.371 e. The number of hydrogen-bond donors (Lipinski definition) is 1. The van der Waals surface area contributed by atoms with E-state index in [9.17, 15) is 4.57 Å². The maximum absolute atomic E-state index is 12.5. The molecule has 4 rings (SSSR count). The number of aryl methyl sites for hydroxylation is 1. The number of fused-ring (bicyclic) bond motifs is 1. The Labute approximate surface area is 153 Å². The lowest BCUT2D eigenvalue weighted by Crippen LogP contribution is -2.35. The van der Waals surface area contributed by atoms with Gasteiger partial charge in [0.15, 0.2) is 0 Å². The highest BCUT2D eigenvalue weighted by molar-refractivity contribution is 7.64. The van der Waals surface area contributed by atoms with Gasteiger partial charge in [-0.05, 0) is 49.5 Å². The second kappa shape index (κ2) is 6.76. The van der Waals surface area contributed by atoms with Crippen molar-refractivity contribution in [1.82, 2.24) is 14.6 Å². The molecule has 1 aliphatic rings. The van der Waals surface area contributed by atoms with E-state index in [0.29, 0.717) is 5.95 Å². The third-order valence-electron chi connectivity index (χ3n) is 5.21. The highest BCUT2D eigenvalue weighted by Gasteiger charge is 2.26. The first-order valence-corrected chi connectivity index (χ1v) is 11.3. The Morgan fingerprint density at radius 2 is 1.85 bits per heavy atom. The maximum atomic E-state index is 12.5. The van der Waals surface area contributed by atoms with Crippen molar-refractivity contribution in [3.05, 3.63) is 48.3 Å². The summed E-state index contributed by atoms with van der Waals surface area (Å²) in [4.78, 5) is 6.69. The van der Waals surface area contributed by atoms with Gasteiger partial charge in [-0.25, -0.2) is 9.50 Å². The van der Waals surface area contributed by atoms with Crippen LogP contribution in [0.5, 0.6) is 0 Å². The normalized spacial score (nSPS) is 16.8. The van der Waals surface area contributed by atoms with Crippen LogP contribution < -0.4 is 10.2 Å². The number of nitrogens with zero attached hydrogens (tertiary/aromatic N) is 4. The van der Waals surface area contributed by atoms with Gasteiger partial charge in [-0.1, -0.05) is 6.92 Å². The van der Waals surface area contributed by atoms with E-state index in [-0.39, 0.29) is 0 Å². The number of aromatic nitrogens is 3. The van der Waals surface area contributed by atoms with Crippen LogP contribution in [0.2, 0.25) is 0 Å². The van der Waals surface area contributed by atoms with Crippen LogP contribution in [-0.4, -0.2) is 46.2 Å². The van der Waals surface area contributed by atoms with Crippen LogP contribution >= 0.6 is 7.14 Å². The summed E-state index contributed by atoms with van der Waals surface area (Å²) in [5.74, 6) is 0.575. The molecule has 3 aromatic rings. The molecule has 0 spiro atoms. The minimum absolute atomic E-state index is 0.575. The molecule has 3 heterocycles. The highest BCUT2D eigenvalue weighted by Crippen LogP contribution is 2.47. The van der Waals surface area contributed by atoms with Crippen molar-refractivity contribution in [3.8, 4) is 0 Å². The predicted octanol–water partition coefficient (Wildman–Crippen LogP) is 3.98. The van der Waals surface area contributed by atoms with Crippen molar-refractivity contribution in [1.29, 1.82) is 0 Å². The summed E-state index contributed by atoms with van der Waals surface area (Å²) in [6.07, 6.45) is 4.30. The topological polar surface area (TPSA) is 62.5 Å². The van der Waals surface area contributed by atoms with E-state index in [1.54, 1.807) is 0 Å². The summed E-state index contributed by atoms with van der Waals surface area (Å²) in [5.41, 5.74) is 4.19. The van der Waals surface area contributed by atoms with Crippen molar-refractivity contribution in [2.45, 2.75) is 13.8 Å². The van der Waals surface area contributed by atoms with E-state index >= 15 is 0 Å². The average Bonchev–Trinajstić information content (AvgIpc) is 3.04. The van der Waals surface area contributed by atoms with Crippen LogP contribution in [0.1, 0.15) is 12.6 Å². The fourth-order valence-electron chi connectivity index (χ4n) is 3.38. The van der Waals surface area contributed by atoms with Crippen molar-refractivity contribution < 1.29 is 4.57 Å². The molecular weight excluding hydrogens is 345 g/mol. The SMILES string of the molecule is CCP1(=O)CCN(c2ccc(Nc3ncc4ccc(C)n4n3)cc2)CC1. The predicted molar refractivity (Wildman–Crippen MR) is 108 cm³/mol. The van der Waals surface area contributed by atoms with Gasteiger partial charge in [-0.2, -0.15) is 0 Å². The van der Waals surface area contributed by atoms with E-state index in [1.807, 2.05) is 48.8 Å². The van der Waals surface area contributed by atoms with Crippen molar-refractivity contribution >= 4 is 30.0 Å². The van der Waals surface area contributed by atoms with Crippen LogP contribution in [0.25, 0.3) is 5.52 Å². The fraction of sp³-hybridized carbons (Fsp3) is 0.368. The summed E-state index contributed by atoms with van der Waals surface area (Å²) in [6, 6.07) is 12.3. The highest BCUT2D eigenvalue weighted by atomic mass is 31.2. The molecule has 26 heavy (non-hydrogen) atoms. The Morgan fingerprint density at radius 1 is 1.12 bits per heavy atom. The first-order valence-electron chi connectivity index (χ1n) is 9.07. The van der Waals surface area contributed by atoms with E-state index in [2.05, 4.69) is 32.4 Å². The lowest BCUT2D eigenvalue weighted by atomic mass is 10.2. The fourth-order valence-corrected chi connectivity index (χ4v) is 5.45. The van der Waals surface area contributed by atoms with Crippen molar-refractivity contribution in [2.75, 3.05) is 41.8 Å². The second-order valence-corrected chi connectivity index (χ2v) is 10.5. The van der Waals surface area contributed by atoms with Gasteiger partial charge < -0.3 is 14.8 Å². The van der Waals surface area contributed by atoms with Crippen LogP contribution in [0.4, 0.5) is 17.3 Å². The van der Waals surface area contributed by atoms with Gasteiger partial charge in [0.05, 0.1) is 18.9 Å². The standard InChI is InChI=1S/C19H24N5OP/c1-3-26(25)12-10-23(11-13-26)17-8-5-16(6-9-17)21-19-20-14-18-7-4-15(2)24(18)22-19/h4-9,14H,3,10-13H2,1-2H3,(H,21,22). The first-order chi connectivity index (χ1) is 12.6. The molecule has 1 saturated heterocycles. The molecule has 0 radical (unpaired) electrons. The molecule has 1 N–H and O–H groups in total. The van der Waals surface area contributed by atoms with Gasteiger partial charge in [0, 0.05) is 42.5 Å². The van der Waals surface area contributed by atoms with E-state index in [4.69, 9.17) is 0 Å². The zero-order valence-corrected chi connectivity index (χ0v) is 16.1. The molecule has 0 aliphatic carbocycles. The molecule has 0 atom stereocenters. The Balaban J connectivity index is 1.46. The lowest BCUT2D eigenvalue weighted by Gasteiger charge is -2.33. The quantitative estimate of drug-likeness (QED) is 0.705. The smallest absolute Gasteiger partial charge is 0.245 e. The summed E-state index contributed by atoms with van der Waals surface area (Å²) in [6.45, 7) is 5.83. The third kappa shape index (κ3) is 3.34. The number of rotatable bonds is 4. The molecule has 7 heteroatoms. The second-order valence-electron chi connectivity index (χ2n) is 6.87. The van der Waals surface area contributed by atoms with Crippen molar-refractivity contribution in [2.24, 2.45) is 0 Å². The zero-order valence-electron chi connectivity index (χ0n) is 15.2. The van der Waals surface area contributed by atoms with E-state index < -0.39 is 7.14 Å². The number of anilines is 3. The Bertz CT molecular complexity index is 954. The average molecular weight is 369 g/mol. The number of nitrogens with one attached hydrogen (secondary N) is 1. The largest absolute Gasteiger partial charge is 0.371 e. The number of hydrogen-bond acceptors (Lipinski definition) is 5. The van der Waals surface area contributed by atoms with Crippen LogP contribution in [0.15, 0.2) is 42.6 Å². The molecule has 0 saturated carbocycles. The van der Waals surface area contributed by atoms with Gasteiger partial charge in [0.2, 0.25) is 5.95 Å². The molecule has 0 unspecified atom stereocenters. The molecular formula is C19H24N5OP. The van der Waals surface area contributed by atoms with Crippen LogP contribution in [-0.2, 0) is 4.57 Å². The number of benzene rings is 1. The van der Waals surface area contributed by atoms with Gasteiger partial charge in [-0.3, -0.25) is 0 Å². The summed E-state index contributed by atoms with van der Waals surface area (Å²) in [5, 5.41) is 7.78. The summed E-state index contributed by atoms with van der Waals surface area (Å²) >= 11 is 0. The van der Waals surface area contributed by atoms with Crippen LogP contribution in [0, 0.1) is 6.92 Å². The third-order valence-corrected chi connectivity index (χ3v) is 8.39. The van der Waals surface area contributed by atoms with E-state index in [0.717, 1.165) is 48.5 Å². The summed E-state index contributed by atoms with van der Waals surface area (Å²) < 4.78 is 14.4. The zero-order chi connectivity index (χ0) is 18.1. The van der Waals surface area contributed by atoms with Crippen LogP contribution in [0.3, 0.4) is 0 Å². The Morgan fingerprint density at radius 3 is 2.54 bits per heavy atom. The Kier molecular flexibility index (Phi) is 4.45. The van der Waals surface area contributed by atoms with Crippen molar-refractivity contribution in [3.63, 3.8) is 0 Å². The molecule has 136 valence electrons. The van der Waals surface area contributed by atoms with Gasteiger partial charge >= 0.3 is 0 Å². The molecule has 0 amide bonds. The van der Waals surface area contributed by atoms with Gasteiger partial charge in [-0.15, -0.1) is 5.10 Å². The lowest BCUT2D eigenvalue weighted by molar-refractivity contribution is 0.569. The molecule has 1 fully saturated rings. The minimum atomic E-state index is -1.90. The Hall–Kier alpha value is -2.33. The van der Waals surface area contributed by atoms with Gasteiger partial charge in [0.25, 0.3) is 0 Å². The first kappa shape index (κ1) is 17.1. The molecule has 1 aromatic carbocycles. The maximum Gasteiger partial charge on any atom is 0.245 e. The molecule has 1 aliphatic heterocycles. The van der Waals surface area contributed by atoms with Gasteiger partial charge in [0.1, 0.15) is 0 Å². The molecule has 2 aromatic heterocycles. The monoisotopic (exact) mass is 369 g/mol. The molecule has 0 bridgehead atoms. The summed E-state index contributed by atoms with van der Waals surface area (Å²) in [7, 11) is -1.90. The molecule has 6 nitrogen and oxygen atoms in total. The van der Waals surface area contributed by atoms with E-state index in [1.165, 1.54) is 5.69 Å².